The summed E-state index contributed by atoms with van der Waals surface area (Å²) in [6.45, 7) is 13.2. The number of hydrogen-bond donors (Lipinski definition) is 0. The molecule has 0 bridgehead atoms. The molecule has 0 aliphatic carbocycles. The van der Waals surface area contributed by atoms with Gasteiger partial charge in [0.15, 0.2) is 0 Å². The Hall–Kier alpha value is -0.850. The summed E-state index contributed by atoms with van der Waals surface area (Å²) in [7, 11) is 1.79. The van der Waals surface area contributed by atoms with Crippen LogP contribution >= 0.6 is 0 Å². The van der Waals surface area contributed by atoms with Crippen molar-refractivity contribution < 1.29 is 0 Å². The fraction of sp³-hybridized carbons (Fsp3) is 0.545. The maximum Gasteiger partial charge on any atom is 0.0310 e. The Morgan fingerprint density at radius 2 is 1.58 bits per heavy atom. The van der Waals surface area contributed by atoms with Gasteiger partial charge in [-0.25, -0.2) is 0 Å². The van der Waals surface area contributed by atoms with Crippen LogP contribution in [0.1, 0.15) is 34.6 Å². The van der Waals surface area contributed by atoms with Crippen LogP contribution < -0.4 is 0 Å². The molecule has 0 amide bonds. The molecule has 0 saturated heterocycles. The average Bonchev–Trinajstić information content (AvgIpc) is 2.10. The van der Waals surface area contributed by atoms with Crippen molar-refractivity contribution >= 4 is 5.71 Å². The molecule has 0 fully saturated rings. The van der Waals surface area contributed by atoms with Gasteiger partial charge in [0.1, 0.15) is 0 Å². The second-order valence-corrected chi connectivity index (χ2v) is 1.77. The Kier molecular flexibility index (Phi) is 32.4. The Morgan fingerprint density at radius 3 is 1.67 bits per heavy atom. The lowest BCUT2D eigenvalue weighted by Crippen LogP contribution is -1.79. The van der Waals surface area contributed by atoms with Gasteiger partial charge < -0.3 is 0 Å². The van der Waals surface area contributed by atoms with Crippen molar-refractivity contribution in [3.8, 4) is 0 Å². The Bertz CT molecular complexity index is 121. The zero-order chi connectivity index (χ0) is 10.4. The zero-order valence-electron chi connectivity index (χ0n) is 9.39. The molecule has 0 aliphatic rings. The van der Waals surface area contributed by atoms with Crippen molar-refractivity contribution in [1.29, 1.82) is 0 Å². The van der Waals surface area contributed by atoms with Crippen LogP contribution in [0, 0.1) is 0 Å². The van der Waals surface area contributed by atoms with E-state index in [9.17, 15) is 0 Å². The van der Waals surface area contributed by atoms with Crippen LogP contribution in [0.15, 0.2) is 29.8 Å². The van der Waals surface area contributed by atoms with Crippen molar-refractivity contribution in [2.24, 2.45) is 4.99 Å². The molecule has 0 N–H and O–H groups in total. The Morgan fingerprint density at radius 1 is 1.25 bits per heavy atom. The maximum atomic E-state index is 3.91. The van der Waals surface area contributed by atoms with Crippen LogP contribution in [0.5, 0.6) is 0 Å². The van der Waals surface area contributed by atoms with Gasteiger partial charge in [0.25, 0.3) is 0 Å². The molecule has 1 nitrogen and oxygen atoms in total. The summed E-state index contributed by atoms with van der Waals surface area (Å²) in [4.78, 5) is 3.91. The van der Waals surface area contributed by atoms with Crippen LogP contribution in [0.3, 0.4) is 0 Å². The lowest BCUT2D eigenvalue weighted by Gasteiger charge is -1.80. The van der Waals surface area contributed by atoms with Gasteiger partial charge in [0.2, 0.25) is 0 Å². The van der Waals surface area contributed by atoms with E-state index in [0.717, 1.165) is 5.71 Å². The molecule has 0 heterocycles. The first-order valence-electron chi connectivity index (χ1n) is 4.36. The van der Waals surface area contributed by atoms with E-state index < -0.39 is 0 Å². The van der Waals surface area contributed by atoms with Crippen molar-refractivity contribution in [3.63, 3.8) is 0 Å². The van der Waals surface area contributed by atoms with Crippen LogP contribution in [0.2, 0.25) is 0 Å². The molecular formula is C11H23N. The average molecular weight is 169 g/mol. The molecule has 0 radical (unpaired) electrons. The Labute approximate surface area is 77.9 Å². The quantitative estimate of drug-likeness (QED) is 0.417. The van der Waals surface area contributed by atoms with Gasteiger partial charge in [-0.3, -0.25) is 4.99 Å². The highest BCUT2D eigenvalue weighted by molar-refractivity contribution is 5.92. The first kappa shape index (κ1) is 17.3. The molecule has 0 aromatic heterocycles. The minimum Gasteiger partial charge on any atom is -0.293 e. The monoisotopic (exact) mass is 169 g/mol. The highest BCUT2D eigenvalue weighted by Gasteiger charge is 1.71. The molecular weight excluding hydrogens is 146 g/mol. The number of allylic oxidation sites excluding steroid dienone is 3. The van der Waals surface area contributed by atoms with Crippen molar-refractivity contribution in [1.82, 2.24) is 0 Å². The summed E-state index contributed by atoms with van der Waals surface area (Å²) in [5.41, 5.74) is 1.07. The third-order valence-corrected chi connectivity index (χ3v) is 0.761. The summed E-state index contributed by atoms with van der Waals surface area (Å²) in [5.74, 6) is 0. The highest BCUT2D eigenvalue weighted by Crippen LogP contribution is 1.75. The van der Waals surface area contributed by atoms with Gasteiger partial charge in [-0.15, -0.1) is 6.58 Å². The van der Waals surface area contributed by atoms with Crippen molar-refractivity contribution in [2.75, 3.05) is 7.05 Å². The molecule has 0 saturated carbocycles. The molecule has 72 valence electrons. The molecule has 0 spiro atoms. The maximum absolute atomic E-state index is 3.91. The fourth-order valence-electron chi connectivity index (χ4n) is 0.316. The van der Waals surface area contributed by atoms with E-state index in [-0.39, 0.29) is 0 Å². The van der Waals surface area contributed by atoms with Gasteiger partial charge in [0, 0.05) is 12.8 Å². The zero-order valence-corrected chi connectivity index (χ0v) is 9.39. The Balaban J connectivity index is -0.000000137. The first-order chi connectivity index (χ1) is 5.72. The minimum atomic E-state index is 1.07. The molecule has 0 atom stereocenters. The smallest absolute Gasteiger partial charge is 0.0310 e. The number of hydrogen-bond acceptors (Lipinski definition) is 1. The summed E-state index contributed by atoms with van der Waals surface area (Å²) in [6, 6.07) is 0. The van der Waals surface area contributed by atoms with Crippen LogP contribution in [0.4, 0.5) is 0 Å². The third kappa shape index (κ3) is 35.3. The van der Waals surface area contributed by atoms with E-state index in [4.69, 9.17) is 0 Å². The largest absolute Gasteiger partial charge is 0.293 e. The molecule has 12 heavy (non-hydrogen) atoms. The molecule has 0 rings (SSSR count). The molecule has 0 aromatic carbocycles. The normalized spacial score (nSPS) is 9.33. The molecule has 0 aromatic rings. The van der Waals surface area contributed by atoms with E-state index in [1.54, 1.807) is 13.1 Å². The lowest BCUT2D eigenvalue weighted by atomic mass is 10.4. The minimum absolute atomic E-state index is 1.07. The van der Waals surface area contributed by atoms with Gasteiger partial charge >= 0.3 is 0 Å². The standard InChI is InChI=1S/C6H11N.C3H6.C2H6/c1-4-5-6(2)7-3;1-3-2;1-2/h4-5H,1-3H3;3H,1H2,2H3;1-2H3/b5-4-,7-6?;;. The first-order valence-corrected chi connectivity index (χ1v) is 4.36. The third-order valence-electron chi connectivity index (χ3n) is 0.761. The summed E-state index contributed by atoms with van der Waals surface area (Å²) in [6.07, 6.45) is 5.70. The van der Waals surface area contributed by atoms with E-state index >= 15 is 0 Å². The second-order valence-electron chi connectivity index (χ2n) is 1.77. The number of aliphatic imine (C=N–C) groups is 1. The summed E-state index contributed by atoms with van der Waals surface area (Å²) >= 11 is 0. The van der Waals surface area contributed by atoms with E-state index in [1.165, 1.54) is 0 Å². The van der Waals surface area contributed by atoms with Crippen LogP contribution in [-0.2, 0) is 0 Å². The van der Waals surface area contributed by atoms with Gasteiger partial charge in [-0.05, 0) is 26.8 Å². The van der Waals surface area contributed by atoms with Crippen molar-refractivity contribution in [3.05, 3.63) is 24.8 Å². The van der Waals surface area contributed by atoms with Gasteiger partial charge in [-0.2, -0.15) is 0 Å². The number of rotatable bonds is 1. The molecule has 0 aliphatic heterocycles. The predicted molar refractivity (Wildman–Crippen MR) is 61.1 cm³/mol. The number of nitrogens with zero attached hydrogens (tertiary/aromatic N) is 1. The highest BCUT2D eigenvalue weighted by atomic mass is 14.7. The van der Waals surface area contributed by atoms with Crippen molar-refractivity contribution in [2.45, 2.75) is 34.6 Å². The summed E-state index contributed by atoms with van der Waals surface area (Å²) < 4.78 is 0. The molecule has 0 unspecified atom stereocenters. The van der Waals surface area contributed by atoms with Crippen LogP contribution in [-0.4, -0.2) is 12.8 Å². The summed E-state index contributed by atoms with van der Waals surface area (Å²) in [5, 5.41) is 0. The topological polar surface area (TPSA) is 12.4 Å². The van der Waals surface area contributed by atoms with Crippen LogP contribution in [0.25, 0.3) is 0 Å². The lowest BCUT2D eigenvalue weighted by molar-refractivity contribution is 1.43. The van der Waals surface area contributed by atoms with Gasteiger partial charge in [-0.1, -0.05) is 26.0 Å². The van der Waals surface area contributed by atoms with Gasteiger partial charge in [0.05, 0.1) is 0 Å². The second kappa shape index (κ2) is 22.5. The van der Waals surface area contributed by atoms with E-state index in [0.29, 0.717) is 0 Å². The fourth-order valence-corrected chi connectivity index (χ4v) is 0.316. The molecule has 1 heteroatoms. The predicted octanol–water partition coefficient (Wildman–Crippen LogP) is 3.87. The van der Waals surface area contributed by atoms with E-state index in [2.05, 4.69) is 11.6 Å². The van der Waals surface area contributed by atoms with E-state index in [1.807, 2.05) is 46.8 Å². The SMILES string of the molecule is C/C=C\C(C)=NC.C=CC.CC.